The van der Waals surface area contributed by atoms with Gasteiger partial charge in [0.15, 0.2) is 0 Å². The Morgan fingerprint density at radius 1 is 1.12 bits per heavy atom. The number of carbonyl (C=O) groups is 1. The Morgan fingerprint density at radius 2 is 1.75 bits per heavy atom. The Kier molecular flexibility index (Phi) is 4.16. The summed E-state index contributed by atoms with van der Waals surface area (Å²) < 4.78 is 37.9. The van der Waals surface area contributed by atoms with Gasteiger partial charge in [-0.3, -0.25) is 0 Å². The van der Waals surface area contributed by atoms with Gasteiger partial charge in [0.2, 0.25) is 0 Å². The molecule has 3 nitrogen and oxygen atoms in total. The molecule has 0 atom stereocenters. The third-order valence-corrected chi connectivity index (χ3v) is 2.20. The lowest BCUT2D eigenvalue weighted by atomic mass is 10.0. The zero-order valence-electron chi connectivity index (χ0n) is 8.40. The van der Waals surface area contributed by atoms with E-state index in [1.165, 1.54) is 12.1 Å². The van der Waals surface area contributed by atoms with E-state index in [1.54, 1.807) is 0 Å². The molecule has 0 spiro atoms. The standard InChI is InChI=1S/C10H11F3N2O/c11-3-6-1-2-9(15-10(14)16)8(5-13)7(6)4-12/h1-2H,3-5H2,(H3,14,15,16). The second-order valence-corrected chi connectivity index (χ2v) is 3.12. The van der Waals surface area contributed by atoms with Crippen molar-refractivity contribution >= 4 is 11.7 Å². The van der Waals surface area contributed by atoms with Crippen molar-refractivity contribution in [3.05, 3.63) is 28.8 Å². The molecule has 3 N–H and O–H groups in total. The molecule has 1 aromatic carbocycles. The molecule has 0 fully saturated rings. The van der Waals surface area contributed by atoms with Crippen LogP contribution >= 0.6 is 0 Å². The molecule has 0 unspecified atom stereocenters. The number of alkyl halides is 3. The van der Waals surface area contributed by atoms with E-state index in [-0.39, 0.29) is 22.4 Å². The highest BCUT2D eigenvalue weighted by molar-refractivity contribution is 5.89. The van der Waals surface area contributed by atoms with Gasteiger partial charge in [-0.15, -0.1) is 0 Å². The molecule has 16 heavy (non-hydrogen) atoms. The van der Waals surface area contributed by atoms with Gasteiger partial charge in [-0.05, 0) is 17.2 Å². The summed E-state index contributed by atoms with van der Waals surface area (Å²) in [6.07, 6.45) is 0. The molecular formula is C10H11F3N2O. The van der Waals surface area contributed by atoms with Crippen LogP contribution in [0.2, 0.25) is 0 Å². The minimum absolute atomic E-state index is 0.0693. The highest BCUT2D eigenvalue weighted by atomic mass is 19.1. The summed E-state index contributed by atoms with van der Waals surface area (Å²) in [6, 6.07) is 1.71. The Bertz CT molecular complexity index is 396. The maximum absolute atomic E-state index is 12.7. The number of nitrogens with one attached hydrogen (secondary N) is 1. The number of urea groups is 1. The highest BCUT2D eigenvalue weighted by Crippen LogP contribution is 2.26. The van der Waals surface area contributed by atoms with Crippen molar-refractivity contribution in [2.75, 3.05) is 5.32 Å². The second-order valence-electron chi connectivity index (χ2n) is 3.12. The summed E-state index contributed by atoms with van der Waals surface area (Å²) in [4.78, 5) is 10.6. The summed E-state index contributed by atoms with van der Waals surface area (Å²) in [5.74, 6) is 0. The van der Waals surface area contributed by atoms with E-state index < -0.39 is 26.1 Å². The van der Waals surface area contributed by atoms with Crippen molar-refractivity contribution in [1.29, 1.82) is 0 Å². The topological polar surface area (TPSA) is 55.1 Å². The van der Waals surface area contributed by atoms with Crippen LogP contribution in [0.3, 0.4) is 0 Å². The zero-order valence-corrected chi connectivity index (χ0v) is 8.40. The smallest absolute Gasteiger partial charge is 0.316 e. The first-order valence-corrected chi connectivity index (χ1v) is 4.52. The van der Waals surface area contributed by atoms with Gasteiger partial charge >= 0.3 is 6.03 Å². The van der Waals surface area contributed by atoms with Crippen molar-refractivity contribution < 1.29 is 18.0 Å². The number of benzene rings is 1. The van der Waals surface area contributed by atoms with Crippen LogP contribution in [0.5, 0.6) is 0 Å². The average molecular weight is 232 g/mol. The number of amides is 2. The lowest BCUT2D eigenvalue weighted by Gasteiger charge is -2.13. The summed E-state index contributed by atoms with van der Waals surface area (Å²) >= 11 is 0. The number of hydrogen-bond donors (Lipinski definition) is 2. The third kappa shape index (κ3) is 2.44. The number of nitrogens with two attached hydrogens (primary N) is 1. The molecule has 0 saturated heterocycles. The van der Waals surface area contributed by atoms with E-state index in [4.69, 9.17) is 5.73 Å². The highest BCUT2D eigenvalue weighted by Gasteiger charge is 2.14. The van der Waals surface area contributed by atoms with Gasteiger partial charge in [0.25, 0.3) is 0 Å². The molecule has 1 rings (SSSR count). The first-order valence-electron chi connectivity index (χ1n) is 4.52. The zero-order chi connectivity index (χ0) is 12.1. The summed E-state index contributed by atoms with van der Waals surface area (Å²) in [7, 11) is 0. The molecule has 0 aliphatic carbocycles. The molecule has 0 heterocycles. The van der Waals surface area contributed by atoms with E-state index in [0.29, 0.717) is 0 Å². The molecular weight excluding hydrogens is 221 g/mol. The Labute approximate surface area is 90.4 Å². The molecule has 2 amide bonds. The molecule has 6 heteroatoms. The van der Waals surface area contributed by atoms with Crippen molar-refractivity contribution in [3.63, 3.8) is 0 Å². The first-order chi connectivity index (χ1) is 7.63. The number of halogens is 3. The Morgan fingerprint density at radius 3 is 2.19 bits per heavy atom. The fourth-order valence-corrected chi connectivity index (χ4v) is 1.44. The van der Waals surface area contributed by atoms with Crippen LogP contribution in [0.1, 0.15) is 16.7 Å². The molecule has 1 aromatic rings. The minimum Gasteiger partial charge on any atom is -0.351 e. The predicted octanol–water partition coefficient (Wildman–Crippen LogP) is 2.59. The number of anilines is 1. The SMILES string of the molecule is NC(=O)Nc1ccc(CF)c(CF)c1CF. The van der Waals surface area contributed by atoms with Gasteiger partial charge in [0.05, 0.1) is 0 Å². The molecule has 0 radical (unpaired) electrons. The van der Waals surface area contributed by atoms with E-state index in [9.17, 15) is 18.0 Å². The van der Waals surface area contributed by atoms with Crippen molar-refractivity contribution in [2.45, 2.75) is 20.0 Å². The lowest BCUT2D eigenvalue weighted by molar-refractivity contribution is 0.259. The van der Waals surface area contributed by atoms with E-state index in [1.807, 2.05) is 0 Å². The van der Waals surface area contributed by atoms with E-state index in [2.05, 4.69) is 5.32 Å². The Balaban J connectivity index is 3.25. The van der Waals surface area contributed by atoms with Crippen molar-refractivity contribution in [2.24, 2.45) is 5.73 Å². The normalized spacial score (nSPS) is 10.2. The molecule has 0 saturated carbocycles. The van der Waals surface area contributed by atoms with Crippen LogP contribution in [-0.4, -0.2) is 6.03 Å². The average Bonchev–Trinajstić information content (AvgIpc) is 2.27. The van der Waals surface area contributed by atoms with Gasteiger partial charge in [-0.2, -0.15) is 0 Å². The van der Waals surface area contributed by atoms with Gasteiger partial charge in [-0.1, -0.05) is 6.07 Å². The van der Waals surface area contributed by atoms with Crippen LogP contribution in [0.15, 0.2) is 12.1 Å². The van der Waals surface area contributed by atoms with E-state index >= 15 is 0 Å². The van der Waals surface area contributed by atoms with Crippen LogP contribution in [0, 0.1) is 0 Å². The first kappa shape index (κ1) is 12.4. The fraction of sp³-hybridized carbons (Fsp3) is 0.300. The van der Waals surface area contributed by atoms with Crippen molar-refractivity contribution in [1.82, 2.24) is 0 Å². The predicted molar refractivity (Wildman–Crippen MR) is 54.1 cm³/mol. The number of carbonyl (C=O) groups excluding carboxylic acids is 1. The molecule has 88 valence electrons. The largest absolute Gasteiger partial charge is 0.351 e. The summed E-state index contributed by atoms with van der Waals surface area (Å²) in [6.45, 7) is -2.88. The molecule has 0 aromatic heterocycles. The van der Waals surface area contributed by atoms with Crippen LogP contribution < -0.4 is 11.1 Å². The maximum atomic E-state index is 12.7. The van der Waals surface area contributed by atoms with Gasteiger partial charge in [0, 0.05) is 11.3 Å². The minimum atomic E-state index is -0.997. The van der Waals surface area contributed by atoms with Gasteiger partial charge in [0.1, 0.15) is 20.0 Å². The van der Waals surface area contributed by atoms with Crippen LogP contribution in [0.4, 0.5) is 23.7 Å². The number of hydrogen-bond acceptors (Lipinski definition) is 1. The van der Waals surface area contributed by atoms with Crippen LogP contribution in [-0.2, 0) is 20.0 Å². The number of rotatable bonds is 4. The van der Waals surface area contributed by atoms with Gasteiger partial charge in [-0.25, -0.2) is 18.0 Å². The summed E-state index contributed by atoms with van der Waals surface area (Å²) in [5, 5.41) is 2.16. The third-order valence-electron chi connectivity index (χ3n) is 2.20. The summed E-state index contributed by atoms with van der Waals surface area (Å²) in [5.41, 5.74) is 4.87. The van der Waals surface area contributed by atoms with Gasteiger partial charge < -0.3 is 11.1 Å². The quantitative estimate of drug-likeness (QED) is 0.823. The molecule has 0 bridgehead atoms. The Hall–Kier alpha value is -1.72. The second kappa shape index (κ2) is 5.39. The van der Waals surface area contributed by atoms with Crippen molar-refractivity contribution in [3.8, 4) is 0 Å². The number of primary amides is 1. The molecule has 0 aliphatic heterocycles. The monoisotopic (exact) mass is 232 g/mol. The fourth-order valence-electron chi connectivity index (χ4n) is 1.44. The lowest BCUT2D eigenvalue weighted by Crippen LogP contribution is -2.20. The van der Waals surface area contributed by atoms with Crippen LogP contribution in [0.25, 0.3) is 0 Å². The molecule has 0 aliphatic rings. The maximum Gasteiger partial charge on any atom is 0.316 e. The van der Waals surface area contributed by atoms with E-state index in [0.717, 1.165) is 0 Å².